The largest absolute Gasteiger partial charge is 0.319 e. The van der Waals surface area contributed by atoms with Crippen molar-refractivity contribution in [3.63, 3.8) is 0 Å². The van der Waals surface area contributed by atoms with Gasteiger partial charge < -0.3 is 0 Å². The van der Waals surface area contributed by atoms with Crippen LogP contribution in [0, 0.1) is 6.92 Å². The average molecular weight is 240 g/mol. The van der Waals surface area contributed by atoms with E-state index in [1.54, 1.807) is 12.1 Å². The van der Waals surface area contributed by atoms with Crippen molar-refractivity contribution in [2.75, 3.05) is 4.72 Å². The fraction of sp³-hybridized carbons (Fsp3) is 0.143. The number of benzene rings is 1. The number of halogens is 2. The highest BCUT2D eigenvalue weighted by atomic mass is 35.7. The summed E-state index contributed by atoms with van der Waals surface area (Å²) in [5.41, 5.74) is 1.23. The number of nitrogens with one attached hydrogen (secondary N) is 1. The highest BCUT2D eigenvalue weighted by molar-refractivity contribution is 8.14. The summed E-state index contributed by atoms with van der Waals surface area (Å²) in [4.78, 5) is 0. The first-order valence-corrected chi connectivity index (χ1v) is 6.06. The third kappa shape index (κ3) is 3.42. The summed E-state index contributed by atoms with van der Waals surface area (Å²) >= 11 is 5.76. The molecule has 0 aromatic heterocycles. The fourth-order valence-corrected chi connectivity index (χ4v) is 1.65. The molecule has 0 bridgehead atoms. The predicted molar refractivity (Wildman–Crippen MR) is 54.6 cm³/mol. The van der Waals surface area contributed by atoms with Crippen LogP contribution < -0.4 is 4.72 Å². The molecule has 6 heteroatoms. The normalized spacial score (nSPS) is 11.3. The zero-order valence-electron chi connectivity index (χ0n) is 6.71. The van der Waals surface area contributed by atoms with Gasteiger partial charge in [0.1, 0.15) is 0 Å². The Morgan fingerprint density at radius 1 is 1.38 bits per heavy atom. The lowest BCUT2D eigenvalue weighted by atomic mass is 10.2. The molecular weight excluding hydrogens is 233 g/mol. The summed E-state index contributed by atoms with van der Waals surface area (Å²) in [5, 5.41) is 0.491. The van der Waals surface area contributed by atoms with E-state index in [2.05, 4.69) is 4.72 Å². The van der Waals surface area contributed by atoms with Crippen molar-refractivity contribution in [1.29, 1.82) is 0 Å². The monoisotopic (exact) mass is 239 g/mol. The summed E-state index contributed by atoms with van der Waals surface area (Å²) < 4.78 is 23.3. The van der Waals surface area contributed by atoms with E-state index in [9.17, 15) is 8.42 Å². The van der Waals surface area contributed by atoms with E-state index >= 15 is 0 Å². The highest BCUT2D eigenvalue weighted by Gasteiger charge is 2.05. The van der Waals surface area contributed by atoms with Crippen molar-refractivity contribution in [3.05, 3.63) is 28.8 Å². The maximum absolute atomic E-state index is 10.6. The van der Waals surface area contributed by atoms with E-state index in [0.29, 0.717) is 10.7 Å². The summed E-state index contributed by atoms with van der Waals surface area (Å²) in [6.07, 6.45) is 0. The molecule has 0 aliphatic carbocycles. The van der Waals surface area contributed by atoms with Crippen LogP contribution in [0.5, 0.6) is 0 Å². The standard InChI is InChI=1S/C7H7Cl2NO2S/c1-5-2-3-6(4-7(5)8)10-13(9,11)12/h2-4,10H,1H3. The van der Waals surface area contributed by atoms with Gasteiger partial charge in [-0.15, -0.1) is 0 Å². The minimum Gasteiger partial charge on any atom is -0.271 e. The molecule has 0 unspecified atom stereocenters. The van der Waals surface area contributed by atoms with Crippen LogP contribution in [0.15, 0.2) is 18.2 Å². The molecule has 0 atom stereocenters. The lowest BCUT2D eigenvalue weighted by Crippen LogP contribution is -2.03. The molecule has 72 valence electrons. The van der Waals surface area contributed by atoms with Crippen molar-refractivity contribution in [3.8, 4) is 0 Å². The lowest BCUT2D eigenvalue weighted by molar-refractivity contribution is 0.614. The predicted octanol–water partition coefficient (Wildman–Crippen LogP) is 2.54. The van der Waals surface area contributed by atoms with Crippen molar-refractivity contribution < 1.29 is 8.42 Å². The number of aryl methyl sites for hydroxylation is 1. The Hall–Kier alpha value is -0.450. The first-order valence-electron chi connectivity index (χ1n) is 3.37. The third-order valence-corrected chi connectivity index (χ3v) is 2.53. The summed E-state index contributed by atoms with van der Waals surface area (Å²) in [6.45, 7) is 1.82. The summed E-state index contributed by atoms with van der Waals surface area (Å²) in [5.74, 6) is 0. The molecule has 0 amide bonds. The van der Waals surface area contributed by atoms with Gasteiger partial charge in [-0.25, -0.2) is 0 Å². The van der Waals surface area contributed by atoms with E-state index in [4.69, 9.17) is 22.3 Å². The lowest BCUT2D eigenvalue weighted by Gasteiger charge is -2.03. The molecule has 0 spiro atoms. The molecule has 1 aromatic carbocycles. The minimum atomic E-state index is -3.74. The first kappa shape index (κ1) is 10.6. The Bertz CT molecular complexity index is 417. The fourth-order valence-electron chi connectivity index (χ4n) is 0.797. The highest BCUT2D eigenvalue weighted by Crippen LogP contribution is 2.21. The van der Waals surface area contributed by atoms with E-state index in [1.165, 1.54) is 6.07 Å². The molecule has 0 aliphatic heterocycles. The van der Waals surface area contributed by atoms with Gasteiger partial charge in [-0.3, -0.25) is 4.72 Å². The molecule has 0 aliphatic rings. The second-order valence-corrected chi connectivity index (χ2v) is 5.21. The zero-order chi connectivity index (χ0) is 10.1. The third-order valence-electron chi connectivity index (χ3n) is 1.41. The van der Waals surface area contributed by atoms with Crippen molar-refractivity contribution >= 4 is 37.2 Å². The first-order chi connectivity index (χ1) is 5.88. The van der Waals surface area contributed by atoms with Crippen LogP contribution in [0.2, 0.25) is 5.02 Å². The van der Waals surface area contributed by atoms with Crippen molar-refractivity contribution in [1.82, 2.24) is 0 Å². The SMILES string of the molecule is Cc1ccc(NS(=O)(=O)Cl)cc1Cl. The second-order valence-electron chi connectivity index (χ2n) is 2.50. The Morgan fingerprint density at radius 2 is 2.00 bits per heavy atom. The quantitative estimate of drug-likeness (QED) is 0.807. The molecule has 1 aromatic rings. The van der Waals surface area contributed by atoms with Crippen LogP contribution in [0.25, 0.3) is 0 Å². The molecule has 1 rings (SSSR count). The number of anilines is 1. The van der Waals surface area contributed by atoms with Gasteiger partial charge in [-0.2, -0.15) is 8.42 Å². The second kappa shape index (κ2) is 3.74. The Balaban J connectivity index is 2.99. The maximum Gasteiger partial charge on any atom is 0.319 e. The van der Waals surface area contributed by atoms with Gasteiger partial charge in [0, 0.05) is 15.7 Å². The number of hydrogen-bond donors (Lipinski definition) is 1. The van der Waals surface area contributed by atoms with Gasteiger partial charge >= 0.3 is 9.24 Å². The molecule has 0 saturated carbocycles. The van der Waals surface area contributed by atoms with Gasteiger partial charge in [-0.05, 0) is 24.6 Å². The molecular formula is C7H7Cl2NO2S. The molecule has 0 fully saturated rings. The number of rotatable bonds is 2. The van der Waals surface area contributed by atoms with Gasteiger partial charge in [0.05, 0.1) is 5.69 Å². The van der Waals surface area contributed by atoms with E-state index in [0.717, 1.165) is 5.56 Å². The van der Waals surface area contributed by atoms with Crippen molar-refractivity contribution in [2.45, 2.75) is 6.92 Å². The Labute approximate surface area is 86.2 Å². The van der Waals surface area contributed by atoms with E-state index in [1.807, 2.05) is 6.92 Å². The van der Waals surface area contributed by atoms with Gasteiger partial charge in [0.15, 0.2) is 0 Å². The average Bonchev–Trinajstić information content (AvgIpc) is 1.94. The van der Waals surface area contributed by atoms with E-state index in [-0.39, 0.29) is 0 Å². The smallest absolute Gasteiger partial charge is 0.271 e. The molecule has 0 radical (unpaired) electrons. The topological polar surface area (TPSA) is 46.2 Å². The Kier molecular flexibility index (Phi) is 3.05. The minimum absolute atomic E-state index is 0.352. The van der Waals surface area contributed by atoms with E-state index < -0.39 is 9.24 Å². The van der Waals surface area contributed by atoms with Crippen molar-refractivity contribution in [2.24, 2.45) is 0 Å². The number of hydrogen-bond acceptors (Lipinski definition) is 2. The van der Waals surface area contributed by atoms with Gasteiger partial charge in [0.25, 0.3) is 0 Å². The van der Waals surface area contributed by atoms with Crippen LogP contribution in [-0.4, -0.2) is 8.42 Å². The van der Waals surface area contributed by atoms with Crippen LogP contribution in [0.4, 0.5) is 5.69 Å². The van der Waals surface area contributed by atoms with Gasteiger partial charge in [-0.1, -0.05) is 17.7 Å². The molecule has 0 saturated heterocycles. The molecule has 0 heterocycles. The van der Waals surface area contributed by atoms with Crippen LogP contribution >= 0.6 is 22.3 Å². The van der Waals surface area contributed by atoms with Crippen LogP contribution in [-0.2, 0) is 9.24 Å². The molecule has 13 heavy (non-hydrogen) atoms. The Morgan fingerprint density at radius 3 is 2.46 bits per heavy atom. The van der Waals surface area contributed by atoms with Gasteiger partial charge in [0.2, 0.25) is 0 Å². The summed E-state index contributed by atoms with van der Waals surface area (Å²) in [6, 6.07) is 4.78. The molecule has 1 N–H and O–H groups in total. The van der Waals surface area contributed by atoms with Crippen LogP contribution in [0.3, 0.4) is 0 Å². The maximum atomic E-state index is 10.6. The van der Waals surface area contributed by atoms with Crippen LogP contribution in [0.1, 0.15) is 5.56 Å². The zero-order valence-corrected chi connectivity index (χ0v) is 9.04. The molecule has 3 nitrogen and oxygen atoms in total. The summed E-state index contributed by atoms with van der Waals surface area (Å²) in [7, 11) is 1.23.